The van der Waals surface area contributed by atoms with Crippen LogP contribution in [0.1, 0.15) is 89.0 Å². The Hall–Kier alpha value is -2.82. The number of benzene rings is 1. The Labute approximate surface area is 221 Å². The van der Waals surface area contributed by atoms with Gasteiger partial charge in [0, 0.05) is 5.92 Å². The predicted molar refractivity (Wildman–Crippen MR) is 146 cm³/mol. The molecule has 2 aliphatic carbocycles. The minimum atomic E-state index is -0.933. The van der Waals surface area contributed by atoms with Crippen molar-refractivity contribution >= 4 is 11.9 Å². The van der Waals surface area contributed by atoms with Crippen LogP contribution in [0.3, 0.4) is 0 Å². The van der Waals surface area contributed by atoms with Crippen LogP contribution >= 0.6 is 0 Å². The van der Waals surface area contributed by atoms with E-state index in [0.717, 1.165) is 30.8 Å². The number of hydrogen-bond donors (Lipinski definition) is 4. The van der Waals surface area contributed by atoms with Crippen molar-refractivity contribution in [2.45, 2.75) is 89.5 Å². The first-order chi connectivity index (χ1) is 17.8. The fourth-order valence-corrected chi connectivity index (χ4v) is 5.35. The van der Waals surface area contributed by atoms with Crippen LogP contribution in [-0.2, 0) is 9.59 Å². The summed E-state index contributed by atoms with van der Waals surface area (Å²) in [6.07, 6.45) is 16.1. The maximum absolute atomic E-state index is 11.1. The van der Waals surface area contributed by atoms with Gasteiger partial charge in [0.1, 0.15) is 11.8 Å². The van der Waals surface area contributed by atoms with Crippen LogP contribution in [-0.4, -0.2) is 41.3 Å². The Kier molecular flexibility index (Phi) is 13.2. The Morgan fingerprint density at radius 3 is 2.41 bits per heavy atom. The summed E-state index contributed by atoms with van der Waals surface area (Å²) in [6, 6.07) is 7.07. The summed E-state index contributed by atoms with van der Waals surface area (Å²) in [5, 5.41) is 17.4. The molecule has 1 aromatic carbocycles. The van der Waals surface area contributed by atoms with Gasteiger partial charge in [-0.3, -0.25) is 9.59 Å². The highest BCUT2D eigenvalue weighted by molar-refractivity contribution is 5.72. The second-order valence-electron chi connectivity index (χ2n) is 10.2. The summed E-state index contributed by atoms with van der Waals surface area (Å²) < 4.78 is 6.15. The standard InChI is InChI=1S/C24H30O3.C6H14N2O2/c1-2-8-20(17-23(25)26)19-10-12-22(13-11-19)27-18-21-9-4-7-16-24(21)14-5-3-6-15-24;7-4-2-1-3-5(8)6(9)10/h4,9-13,20-21H,3,5-7,14-18H2,1H3,(H,25,26);5H,1-4,7-8H2,(H,9,10)/t20?,21-;5-/m10/s1. The van der Waals surface area contributed by atoms with Crippen LogP contribution in [0, 0.1) is 23.2 Å². The molecule has 2 aliphatic rings. The molecular weight excluding hydrogens is 468 g/mol. The molecular formula is C30H44N2O5. The zero-order chi connectivity index (χ0) is 27.1. The summed E-state index contributed by atoms with van der Waals surface area (Å²) in [4.78, 5) is 21.2. The Morgan fingerprint density at radius 1 is 1.11 bits per heavy atom. The number of carbonyl (C=O) groups is 2. The smallest absolute Gasteiger partial charge is 0.320 e. The Morgan fingerprint density at radius 2 is 1.81 bits per heavy atom. The van der Waals surface area contributed by atoms with Crippen molar-refractivity contribution < 1.29 is 24.5 Å². The lowest BCUT2D eigenvalue weighted by Gasteiger charge is -2.44. The zero-order valence-corrected chi connectivity index (χ0v) is 22.2. The Bertz CT molecular complexity index is 926. The van der Waals surface area contributed by atoms with E-state index in [-0.39, 0.29) is 12.3 Å². The fraction of sp³-hybridized carbons (Fsp3) is 0.600. The minimum absolute atomic E-state index is 0.0242. The van der Waals surface area contributed by atoms with E-state index in [0.29, 0.717) is 24.3 Å². The molecule has 0 saturated heterocycles. The molecule has 0 aliphatic heterocycles. The lowest BCUT2D eigenvalue weighted by Crippen LogP contribution is -2.37. The van der Waals surface area contributed by atoms with Crippen molar-refractivity contribution in [3.63, 3.8) is 0 Å². The number of carboxylic acids is 2. The monoisotopic (exact) mass is 512 g/mol. The molecule has 0 amide bonds. The van der Waals surface area contributed by atoms with Crippen LogP contribution in [0.2, 0.25) is 0 Å². The van der Waals surface area contributed by atoms with Gasteiger partial charge in [0.2, 0.25) is 0 Å². The number of hydrogen-bond acceptors (Lipinski definition) is 5. The normalized spacial score (nSPS) is 19.5. The van der Waals surface area contributed by atoms with Crippen molar-refractivity contribution in [2.24, 2.45) is 22.8 Å². The van der Waals surface area contributed by atoms with Gasteiger partial charge in [-0.2, -0.15) is 0 Å². The van der Waals surface area contributed by atoms with Crippen molar-refractivity contribution in [2.75, 3.05) is 13.2 Å². The van der Waals surface area contributed by atoms with Crippen LogP contribution in [0.5, 0.6) is 5.75 Å². The maximum atomic E-state index is 11.1. The lowest BCUT2D eigenvalue weighted by molar-refractivity contribution is -0.139. The molecule has 1 aromatic rings. The van der Waals surface area contributed by atoms with E-state index in [1.165, 1.54) is 44.9 Å². The molecule has 1 spiro atoms. The Balaban J connectivity index is 0.000000410. The number of nitrogens with two attached hydrogens (primary N) is 2. The molecule has 0 heterocycles. The van der Waals surface area contributed by atoms with E-state index in [2.05, 4.69) is 24.0 Å². The van der Waals surface area contributed by atoms with Gasteiger partial charge in [0.25, 0.3) is 0 Å². The largest absolute Gasteiger partial charge is 0.493 e. The van der Waals surface area contributed by atoms with E-state index in [1.807, 2.05) is 24.3 Å². The number of unbranched alkanes of at least 4 members (excludes halogenated alkanes) is 1. The van der Waals surface area contributed by atoms with Crippen LogP contribution in [0.25, 0.3) is 0 Å². The molecule has 0 radical (unpaired) electrons. The summed E-state index contributed by atoms with van der Waals surface area (Å²) in [5.74, 6) is 5.14. The van der Waals surface area contributed by atoms with Crippen LogP contribution < -0.4 is 16.2 Å². The topological polar surface area (TPSA) is 136 Å². The number of rotatable bonds is 11. The highest BCUT2D eigenvalue weighted by Crippen LogP contribution is 2.49. The molecule has 6 N–H and O–H groups in total. The molecule has 0 bridgehead atoms. The molecule has 7 heteroatoms. The molecule has 37 heavy (non-hydrogen) atoms. The second kappa shape index (κ2) is 16.1. The molecule has 7 nitrogen and oxygen atoms in total. The van der Waals surface area contributed by atoms with Gasteiger partial charge in [-0.1, -0.05) is 55.9 Å². The minimum Gasteiger partial charge on any atom is -0.493 e. The fourth-order valence-electron chi connectivity index (χ4n) is 5.35. The molecule has 1 unspecified atom stereocenters. The average molecular weight is 513 g/mol. The second-order valence-corrected chi connectivity index (χ2v) is 10.2. The van der Waals surface area contributed by atoms with Gasteiger partial charge < -0.3 is 26.4 Å². The first kappa shape index (κ1) is 30.4. The highest BCUT2D eigenvalue weighted by atomic mass is 16.5. The number of ether oxygens (including phenoxy) is 1. The lowest BCUT2D eigenvalue weighted by atomic mass is 9.62. The van der Waals surface area contributed by atoms with Gasteiger partial charge in [0.15, 0.2) is 0 Å². The van der Waals surface area contributed by atoms with Crippen molar-refractivity contribution in [3.05, 3.63) is 42.0 Å². The van der Waals surface area contributed by atoms with E-state index in [9.17, 15) is 9.59 Å². The number of allylic oxidation sites excluding steroid dienone is 1. The molecule has 0 aromatic heterocycles. The number of carboxylic acid groups (broad SMARTS) is 2. The highest BCUT2D eigenvalue weighted by Gasteiger charge is 2.39. The molecule has 1 saturated carbocycles. The summed E-state index contributed by atoms with van der Waals surface area (Å²) >= 11 is 0. The molecule has 3 rings (SSSR count). The average Bonchev–Trinajstić information content (AvgIpc) is 2.89. The zero-order valence-electron chi connectivity index (χ0n) is 22.2. The van der Waals surface area contributed by atoms with Gasteiger partial charge in [-0.25, -0.2) is 0 Å². The quantitative estimate of drug-likeness (QED) is 0.184. The van der Waals surface area contributed by atoms with Gasteiger partial charge in [-0.05, 0) is 75.1 Å². The third kappa shape index (κ3) is 10.2. The van der Waals surface area contributed by atoms with Crippen LogP contribution in [0.4, 0.5) is 0 Å². The SMILES string of the molecule is CC#CC(CC(=O)O)c1ccc(OC[C@H]2C=CCCC23CCCCC3)cc1.NCCCC[C@H](N)C(=O)O. The summed E-state index contributed by atoms with van der Waals surface area (Å²) in [7, 11) is 0. The number of aliphatic carboxylic acids is 2. The predicted octanol–water partition coefficient (Wildman–Crippen LogP) is 5.09. The van der Waals surface area contributed by atoms with Gasteiger partial charge >= 0.3 is 11.9 Å². The maximum Gasteiger partial charge on any atom is 0.320 e. The van der Waals surface area contributed by atoms with E-state index in [1.54, 1.807) is 6.92 Å². The first-order valence-corrected chi connectivity index (χ1v) is 13.5. The van der Waals surface area contributed by atoms with E-state index >= 15 is 0 Å². The van der Waals surface area contributed by atoms with E-state index < -0.39 is 18.0 Å². The van der Waals surface area contributed by atoms with Crippen molar-refractivity contribution in [1.82, 2.24) is 0 Å². The van der Waals surface area contributed by atoms with E-state index in [4.69, 9.17) is 26.4 Å². The molecule has 1 fully saturated rings. The van der Waals surface area contributed by atoms with Crippen molar-refractivity contribution in [3.8, 4) is 17.6 Å². The van der Waals surface area contributed by atoms with Gasteiger partial charge in [-0.15, -0.1) is 5.92 Å². The summed E-state index contributed by atoms with van der Waals surface area (Å²) in [6.45, 7) is 3.07. The first-order valence-electron chi connectivity index (χ1n) is 13.5. The van der Waals surface area contributed by atoms with Crippen LogP contribution in [0.15, 0.2) is 36.4 Å². The third-order valence-corrected chi connectivity index (χ3v) is 7.51. The molecule has 3 atom stereocenters. The molecule has 204 valence electrons. The van der Waals surface area contributed by atoms with Crippen molar-refractivity contribution in [1.29, 1.82) is 0 Å². The third-order valence-electron chi connectivity index (χ3n) is 7.51. The summed E-state index contributed by atoms with van der Waals surface area (Å²) in [5.41, 5.74) is 11.8. The van der Waals surface area contributed by atoms with Gasteiger partial charge in [0.05, 0.1) is 18.9 Å².